The maximum absolute atomic E-state index is 13.6. The van der Waals surface area contributed by atoms with Gasteiger partial charge in [-0.25, -0.2) is 4.39 Å². The van der Waals surface area contributed by atoms with Gasteiger partial charge in [0.15, 0.2) is 5.96 Å². The summed E-state index contributed by atoms with van der Waals surface area (Å²) in [6.07, 6.45) is 2.73. The average molecular weight is 437 g/mol. The number of piperazine rings is 1. The number of nitrogens with one attached hydrogen (secondary N) is 3. The lowest BCUT2D eigenvalue weighted by Gasteiger charge is -2.32. The molecule has 1 aromatic heterocycles. The molecule has 0 amide bonds. The molecular formula is C25H33FN6. The van der Waals surface area contributed by atoms with Gasteiger partial charge in [0.2, 0.25) is 0 Å². The number of halogens is 1. The van der Waals surface area contributed by atoms with E-state index < -0.39 is 0 Å². The van der Waals surface area contributed by atoms with Crippen molar-refractivity contribution in [1.82, 2.24) is 25.4 Å². The third kappa shape index (κ3) is 5.87. The van der Waals surface area contributed by atoms with E-state index in [-0.39, 0.29) is 5.82 Å². The van der Waals surface area contributed by atoms with E-state index in [1.54, 1.807) is 19.2 Å². The second kappa shape index (κ2) is 10.6. The monoisotopic (exact) mass is 436 g/mol. The van der Waals surface area contributed by atoms with E-state index in [0.29, 0.717) is 13.1 Å². The summed E-state index contributed by atoms with van der Waals surface area (Å²) in [5.74, 6) is 0.552. The van der Waals surface area contributed by atoms with E-state index in [1.165, 1.54) is 17.2 Å². The fourth-order valence-corrected chi connectivity index (χ4v) is 4.11. The molecule has 0 unspecified atom stereocenters. The Morgan fingerprint density at radius 2 is 1.78 bits per heavy atom. The van der Waals surface area contributed by atoms with Gasteiger partial charge < -0.3 is 20.5 Å². The van der Waals surface area contributed by atoms with Gasteiger partial charge in [0.1, 0.15) is 5.82 Å². The van der Waals surface area contributed by atoms with Crippen molar-refractivity contribution in [2.45, 2.75) is 19.5 Å². The molecule has 2 heterocycles. The van der Waals surface area contributed by atoms with Gasteiger partial charge in [-0.15, -0.1) is 0 Å². The van der Waals surface area contributed by atoms with Crippen molar-refractivity contribution < 1.29 is 4.39 Å². The zero-order valence-corrected chi connectivity index (χ0v) is 19.0. The Morgan fingerprint density at radius 3 is 2.53 bits per heavy atom. The molecule has 1 saturated heterocycles. The predicted octanol–water partition coefficient (Wildman–Crippen LogP) is 2.96. The Morgan fingerprint density at radius 1 is 1.03 bits per heavy atom. The lowest BCUT2D eigenvalue weighted by atomic mass is 10.1. The summed E-state index contributed by atoms with van der Waals surface area (Å²) in [5.41, 5.74) is 4.64. The zero-order valence-electron chi connectivity index (χ0n) is 19.0. The van der Waals surface area contributed by atoms with E-state index in [1.807, 2.05) is 6.20 Å². The van der Waals surface area contributed by atoms with Gasteiger partial charge in [-0.3, -0.25) is 9.89 Å². The van der Waals surface area contributed by atoms with Crippen LogP contribution in [0.5, 0.6) is 0 Å². The molecule has 0 spiro atoms. The molecule has 2 aromatic carbocycles. The molecule has 0 atom stereocenters. The second-order valence-corrected chi connectivity index (χ2v) is 8.50. The number of guanidine groups is 1. The van der Waals surface area contributed by atoms with Crippen LogP contribution in [0.25, 0.3) is 10.9 Å². The van der Waals surface area contributed by atoms with E-state index in [2.05, 4.69) is 61.7 Å². The highest BCUT2D eigenvalue weighted by Crippen LogP contribution is 2.19. The zero-order chi connectivity index (χ0) is 22.3. The first-order chi connectivity index (χ1) is 15.6. The molecule has 1 aliphatic heterocycles. The maximum Gasteiger partial charge on any atom is 0.191 e. The quantitative estimate of drug-likeness (QED) is 0.394. The topological polar surface area (TPSA) is 58.7 Å². The van der Waals surface area contributed by atoms with Gasteiger partial charge in [-0.2, -0.15) is 0 Å². The summed E-state index contributed by atoms with van der Waals surface area (Å²) in [6, 6.07) is 13.7. The number of aliphatic imine (C=N–C) groups is 1. The van der Waals surface area contributed by atoms with Crippen LogP contribution in [-0.4, -0.2) is 67.6 Å². The third-order valence-corrected chi connectivity index (χ3v) is 6.12. The van der Waals surface area contributed by atoms with E-state index in [9.17, 15) is 4.39 Å². The van der Waals surface area contributed by atoms with Crippen molar-refractivity contribution in [2.24, 2.45) is 4.99 Å². The van der Waals surface area contributed by atoms with Crippen molar-refractivity contribution in [3.63, 3.8) is 0 Å². The molecule has 6 nitrogen and oxygen atoms in total. The largest absolute Gasteiger partial charge is 0.361 e. The Balaban J connectivity index is 1.22. The van der Waals surface area contributed by atoms with E-state index >= 15 is 0 Å². The predicted molar refractivity (Wildman–Crippen MR) is 129 cm³/mol. The molecule has 0 radical (unpaired) electrons. The standard InChI is InChI=1S/C25H33FN6/c1-27-25(28-10-9-21-17-29-24-8-7-22(26)15-23(21)24)30-16-19-3-5-20(6-4-19)18-32-13-11-31(2)12-14-32/h3-8,15,17,29H,9-14,16,18H2,1-2H3,(H2,27,28,30). The summed E-state index contributed by atoms with van der Waals surface area (Å²) in [6.45, 7) is 7.00. The normalized spacial score (nSPS) is 15.9. The number of aromatic nitrogens is 1. The van der Waals surface area contributed by atoms with Crippen LogP contribution in [0.4, 0.5) is 4.39 Å². The van der Waals surface area contributed by atoms with Crippen LogP contribution in [0.2, 0.25) is 0 Å². The Labute approximate surface area is 189 Å². The number of hydrogen-bond donors (Lipinski definition) is 3. The number of benzene rings is 2. The van der Waals surface area contributed by atoms with Crippen LogP contribution < -0.4 is 10.6 Å². The minimum atomic E-state index is -0.210. The number of fused-ring (bicyclic) bond motifs is 1. The lowest BCUT2D eigenvalue weighted by Crippen LogP contribution is -2.43. The van der Waals surface area contributed by atoms with Crippen LogP contribution in [-0.2, 0) is 19.5 Å². The van der Waals surface area contributed by atoms with E-state index in [0.717, 1.165) is 61.6 Å². The molecule has 32 heavy (non-hydrogen) atoms. The first-order valence-corrected chi connectivity index (χ1v) is 11.3. The van der Waals surface area contributed by atoms with Gasteiger partial charge in [-0.05, 0) is 48.4 Å². The molecule has 0 saturated carbocycles. The average Bonchev–Trinajstić information content (AvgIpc) is 3.20. The minimum absolute atomic E-state index is 0.210. The SMILES string of the molecule is CN=C(NCCc1c[nH]c2ccc(F)cc12)NCc1ccc(CN2CCN(C)CC2)cc1. The number of aromatic amines is 1. The summed E-state index contributed by atoms with van der Waals surface area (Å²) in [4.78, 5) is 12.4. The molecule has 1 aliphatic rings. The van der Waals surface area contributed by atoms with E-state index in [4.69, 9.17) is 0 Å². The molecule has 3 N–H and O–H groups in total. The Bertz CT molecular complexity index is 1030. The summed E-state index contributed by atoms with van der Waals surface area (Å²) in [7, 11) is 3.96. The van der Waals surface area contributed by atoms with Crippen molar-refractivity contribution in [3.05, 3.63) is 71.2 Å². The maximum atomic E-state index is 13.6. The smallest absolute Gasteiger partial charge is 0.191 e. The van der Waals surface area contributed by atoms with Gasteiger partial charge in [0.25, 0.3) is 0 Å². The highest BCUT2D eigenvalue weighted by Gasteiger charge is 2.13. The fraction of sp³-hybridized carbons (Fsp3) is 0.400. The summed E-state index contributed by atoms with van der Waals surface area (Å²) >= 11 is 0. The third-order valence-electron chi connectivity index (χ3n) is 6.12. The molecule has 170 valence electrons. The fourth-order valence-electron chi connectivity index (χ4n) is 4.11. The number of hydrogen-bond acceptors (Lipinski definition) is 3. The molecule has 3 aromatic rings. The van der Waals surface area contributed by atoms with Crippen LogP contribution in [0.1, 0.15) is 16.7 Å². The lowest BCUT2D eigenvalue weighted by molar-refractivity contribution is 0.148. The van der Waals surface area contributed by atoms with Crippen LogP contribution in [0, 0.1) is 5.82 Å². The van der Waals surface area contributed by atoms with Crippen molar-refractivity contribution >= 4 is 16.9 Å². The van der Waals surface area contributed by atoms with Gasteiger partial charge >= 0.3 is 0 Å². The van der Waals surface area contributed by atoms with Gasteiger partial charge in [0, 0.05) is 70.0 Å². The van der Waals surface area contributed by atoms with Crippen molar-refractivity contribution in [3.8, 4) is 0 Å². The number of likely N-dealkylation sites (N-methyl/N-ethyl adjacent to an activating group) is 1. The molecular weight excluding hydrogens is 403 g/mol. The highest BCUT2D eigenvalue weighted by molar-refractivity contribution is 5.83. The van der Waals surface area contributed by atoms with Crippen LogP contribution in [0.15, 0.2) is 53.7 Å². The van der Waals surface area contributed by atoms with Gasteiger partial charge in [-0.1, -0.05) is 24.3 Å². The molecule has 0 aliphatic carbocycles. The van der Waals surface area contributed by atoms with Crippen molar-refractivity contribution in [2.75, 3.05) is 46.8 Å². The number of nitrogens with zero attached hydrogens (tertiary/aromatic N) is 3. The first kappa shape index (κ1) is 22.3. The number of H-pyrrole nitrogens is 1. The summed E-state index contributed by atoms with van der Waals surface area (Å²) in [5, 5.41) is 7.66. The molecule has 7 heteroatoms. The number of rotatable bonds is 7. The first-order valence-electron chi connectivity index (χ1n) is 11.3. The Kier molecular flexibility index (Phi) is 7.39. The van der Waals surface area contributed by atoms with Gasteiger partial charge in [0.05, 0.1) is 0 Å². The highest BCUT2D eigenvalue weighted by atomic mass is 19.1. The molecule has 1 fully saturated rings. The van der Waals surface area contributed by atoms with Crippen LogP contribution in [0.3, 0.4) is 0 Å². The van der Waals surface area contributed by atoms with Crippen molar-refractivity contribution in [1.29, 1.82) is 0 Å². The van der Waals surface area contributed by atoms with Crippen LogP contribution >= 0.6 is 0 Å². The minimum Gasteiger partial charge on any atom is -0.361 e. The summed E-state index contributed by atoms with van der Waals surface area (Å²) < 4.78 is 13.6. The molecule has 4 rings (SSSR count). The molecule has 0 bridgehead atoms. The second-order valence-electron chi connectivity index (χ2n) is 8.50. The Hall–Kier alpha value is -2.90.